The maximum absolute atomic E-state index is 11.2. The molecule has 9 heteroatoms. The van der Waals surface area contributed by atoms with Crippen LogP contribution >= 0.6 is 0 Å². The first-order valence-electron chi connectivity index (χ1n) is 5.75. The van der Waals surface area contributed by atoms with Crippen LogP contribution in [0.1, 0.15) is 33.6 Å². The van der Waals surface area contributed by atoms with Crippen molar-refractivity contribution in [2.24, 2.45) is 4.99 Å². The monoisotopic (exact) mass is 289 g/mol. The van der Waals surface area contributed by atoms with Crippen LogP contribution in [0, 0.1) is 0 Å². The fraction of sp³-hybridized carbons (Fsp3) is 0.700. The van der Waals surface area contributed by atoms with Gasteiger partial charge >= 0.3 is 6.01 Å². The molecule has 0 radical (unpaired) electrons. The smallest absolute Gasteiger partial charge is 0.322 e. The molecule has 0 saturated carbocycles. The SMILES string of the molecule is CCN=C(Nc1nnc(C(C)(C)C)o1)NS(C)(=O)=O. The minimum atomic E-state index is -3.42. The number of rotatable bonds is 3. The van der Waals surface area contributed by atoms with Gasteiger partial charge < -0.3 is 4.42 Å². The highest BCUT2D eigenvalue weighted by molar-refractivity contribution is 7.89. The average Bonchev–Trinajstić information content (AvgIpc) is 2.63. The zero-order valence-electron chi connectivity index (χ0n) is 11.7. The van der Waals surface area contributed by atoms with E-state index in [1.165, 1.54) is 0 Å². The van der Waals surface area contributed by atoms with Gasteiger partial charge in [0.15, 0.2) is 0 Å². The Bertz CT molecular complexity index is 556. The van der Waals surface area contributed by atoms with Crippen LogP contribution in [-0.2, 0) is 15.4 Å². The molecule has 0 fully saturated rings. The average molecular weight is 289 g/mol. The van der Waals surface area contributed by atoms with Crippen LogP contribution in [0.25, 0.3) is 0 Å². The summed E-state index contributed by atoms with van der Waals surface area (Å²) in [7, 11) is -3.42. The first-order valence-corrected chi connectivity index (χ1v) is 7.64. The van der Waals surface area contributed by atoms with Gasteiger partial charge in [0.1, 0.15) is 0 Å². The highest BCUT2D eigenvalue weighted by Crippen LogP contribution is 2.21. The van der Waals surface area contributed by atoms with Gasteiger partial charge in [0.25, 0.3) is 0 Å². The molecule has 0 spiro atoms. The van der Waals surface area contributed by atoms with Crippen LogP contribution < -0.4 is 10.0 Å². The number of aromatic nitrogens is 2. The zero-order valence-corrected chi connectivity index (χ0v) is 12.5. The summed E-state index contributed by atoms with van der Waals surface area (Å²) in [6.07, 6.45) is 1.04. The van der Waals surface area contributed by atoms with E-state index < -0.39 is 10.0 Å². The Morgan fingerprint density at radius 3 is 2.42 bits per heavy atom. The van der Waals surface area contributed by atoms with Gasteiger partial charge in [-0.05, 0) is 6.92 Å². The van der Waals surface area contributed by atoms with E-state index in [0.29, 0.717) is 12.4 Å². The van der Waals surface area contributed by atoms with Crippen LogP contribution in [0.2, 0.25) is 0 Å². The van der Waals surface area contributed by atoms with E-state index in [0.717, 1.165) is 6.26 Å². The predicted molar refractivity (Wildman–Crippen MR) is 72.6 cm³/mol. The Morgan fingerprint density at radius 1 is 1.37 bits per heavy atom. The van der Waals surface area contributed by atoms with Crippen molar-refractivity contribution in [2.75, 3.05) is 18.1 Å². The number of hydrogen-bond donors (Lipinski definition) is 2. The first kappa shape index (κ1) is 15.4. The molecule has 1 heterocycles. The second-order valence-electron chi connectivity index (χ2n) is 4.98. The van der Waals surface area contributed by atoms with Crippen LogP contribution in [0.3, 0.4) is 0 Å². The number of sulfonamides is 1. The number of hydrogen-bond acceptors (Lipinski definition) is 6. The quantitative estimate of drug-likeness (QED) is 0.626. The summed E-state index contributed by atoms with van der Waals surface area (Å²) in [6, 6.07) is 0.0910. The second-order valence-corrected chi connectivity index (χ2v) is 6.73. The van der Waals surface area contributed by atoms with Crippen molar-refractivity contribution in [2.45, 2.75) is 33.1 Å². The Labute approximate surface area is 112 Å². The number of nitrogens with zero attached hydrogens (tertiary/aromatic N) is 3. The van der Waals surface area contributed by atoms with E-state index in [4.69, 9.17) is 4.42 Å². The zero-order chi connectivity index (χ0) is 14.7. The lowest BCUT2D eigenvalue weighted by atomic mass is 9.97. The molecule has 0 aromatic carbocycles. The molecule has 8 nitrogen and oxygen atoms in total. The van der Waals surface area contributed by atoms with E-state index in [1.807, 2.05) is 20.8 Å². The van der Waals surface area contributed by atoms with Crippen molar-refractivity contribution in [3.63, 3.8) is 0 Å². The molecule has 1 aromatic rings. The van der Waals surface area contributed by atoms with Gasteiger partial charge in [-0.15, -0.1) is 5.10 Å². The number of nitrogens with one attached hydrogen (secondary N) is 2. The topological polar surface area (TPSA) is 109 Å². The normalized spacial score (nSPS) is 13.4. The molecule has 0 aliphatic heterocycles. The van der Waals surface area contributed by atoms with Gasteiger partial charge in [-0.3, -0.25) is 15.0 Å². The number of aliphatic imine (C=N–C) groups is 1. The van der Waals surface area contributed by atoms with E-state index in [-0.39, 0.29) is 17.4 Å². The minimum Gasteiger partial charge on any atom is -0.407 e. The van der Waals surface area contributed by atoms with Gasteiger partial charge in [-0.2, -0.15) is 0 Å². The van der Waals surface area contributed by atoms with E-state index in [2.05, 4.69) is 25.2 Å². The first-order chi connectivity index (χ1) is 8.62. The third-order valence-corrected chi connectivity index (χ3v) is 2.45. The van der Waals surface area contributed by atoms with E-state index in [1.54, 1.807) is 6.92 Å². The van der Waals surface area contributed by atoms with Crippen LogP contribution in [0.5, 0.6) is 0 Å². The number of guanidine groups is 1. The van der Waals surface area contributed by atoms with Gasteiger partial charge in [0, 0.05) is 12.0 Å². The van der Waals surface area contributed by atoms with Crippen molar-refractivity contribution < 1.29 is 12.8 Å². The summed E-state index contributed by atoms with van der Waals surface area (Å²) in [6.45, 7) is 7.98. The summed E-state index contributed by atoms with van der Waals surface area (Å²) in [5.74, 6) is 0.499. The van der Waals surface area contributed by atoms with Crippen LogP contribution in [0.15, 0.2) is 9.41 Å². The summed E-state index contributed by atoms with van der Waals surface area (Å²) in [5, 5.41) is 10.3. The number of anilines is 1. The Balaban J connectivity index is 2.87. The molecule has 108 valence electrons. The maximum Gasteiger partial charge on any atom is 0.322 e. The van der Waals surface area contributed by atoms with Crippen molar-refractivity contribution in [1.29, 1.82) is 0 Å². The molecule has 1 rings (SSSR count). The molecule has 0 bridgehead atoms. The van der Waals surface area contributed by atoms with E-state index >= 15 is 0 Å². The highest BCUT2D eigenvalue weighted by Gasteiger charge is 2.22. The Morgan fingerprint density at radius 2 is 2.00 bits per heavy atom. The van der Waals surface area contributed by atoms with Crippen molar-refractivity contribution in [3.8, 4) is 0 Å². The maximum atomic E-state index is 11.2. The molecule has 0 amide bonds. The second kappa shape index (κ2) is 5.55. The Hall–Kier alpha value is -1.64. The molecule has 0 atom stereocenters. The molecule has 1 aromatic heterocycles. The van der Waals surface area contributed by atoms with Crippen LogP contribution in [0.4, 0.5) is 6.01 Å². The molecule has 19 heavy (non-hydrogen) atoms. The van der Waals surface area contributed by atoms with Gasteiger partial charge in [0.05, 0.1) is 6.26 Å². The summed E-state index contributed by atoms with van der Waals surface area (Å²) < 4.78 is 30.0. The molecule has 0 aliphatic rings. The van der Waals surface area contributed by atoms with Crippen molar-refractivity contribution in [1.82, 2.24) is 14.9 Å². The van der Waals surface area contributed by atoms with E-state index in [9.17, 15) is 8.42 Å². The lowest BCUT2D eigenvalue weighted by Gasteiger charge is -2.11. The van der Waals surface area contributed by atoms with Gasteiger partial charge in [0.2, 0.25) is 21.9 Å². The van der Waals surface area contributed by atoms with Crippen LogP contribution in [-0.4, -0.2) is 37.4 Å². The third-order valence-electron chi connectivity index (χ3n) is 1.89. The molecule has 0 unspecified atom stereocenters. The summed E-state index contributed by atoms with van der Waals surface area (Å²) >= 11 is 0. The largest absolute Gasteiger partial charge is 0.407 e. The Kier molecular flexibility index (Phi) is 4.51. The molecule has 0 saturated heterocycles. The third kappa shape index (κ3) is 5.25. The fourth-order valence-electron chi connectivity index (χ4n) is 1.11. The van der Waals surface area contributed by atoms with Crippen molar-refractivity contribution >= 4 is 22.0 Å². The fourth-order valence-corrected chi connectivity index (χ4v) is 1.58. The molecular weight excluding hydrogens is 270 g/mol. The molecule has 0 aliphatic carbocycles. The summed E-state index contributed by atoms with van der Waals surface area (Å²) in [5.41, 5.74) is -0.279. The lowest BCUT2D eigenvalue weighted by Crippen LogP contribution is -2.35. The van der Waals surface area contributed by atoms with Gasteiger partial charge in [-0.25, -0.2) is 8.42 Å². The lowest BCUT2D eigenvalue weighted by molar-refractivity contribution is 0.401. The highest BCUT2D eigenvalue weighted by atomic mass is 32.2. The standard InChI is InChI=1S/C10H19N5O3S/c1-6-11-8(15-19(5,16)17)12-9-14-13-7(18-9)10(2,3)4/h6H2,1-5H3,(H2,11,12,14,15). The molecular formula is C10H19N5O3S. The predicted octanol–water partition coefficient (Wildman–Crippen LogP) is 0.704. The molecule has 2 N–H and O–H groups in total. The van der Waals surface area contributed by atoms with Crippen molar-refractivity contribution in [3.05, 3.63) is 5.89 Å². The van der Waals surface area contributed by atoms with Gasteiger partial charge in [-0.1, -0.05) is 25.9 Å². The minimum absolute atomic E-state index is 0.0501. The summed E-state index contributed by atoms with van der Waals surface area (Å²) in [4.78, 5) is 3.96.